The summed E-state index contributed by atoms with van der Waals surface area (Å²) < 4.78 is 15.0. The topological polar surface area (TPSA) is 73.0 Å². The van der Waals surface area contributed by atoms with Gasteiger partial charge in [0.2, 0.25) is 0 Å². The van der Waals surface area contributed by atoms with Crippen LogP contribution in [0.25, 0.3) is 0 Å². The van der Waals surface area contributed by atoms with Crippen LogP contribution in [-0.4, -0.2) is 14.7 Å². The second kappa shape index (κ2) is 5.23. The number of nitro benzene ring substituents is 1. The third-order valence-corrected chi connectivity index (χ3v) is 2.91. The van der Waals surface area contributed by atoms with Crippen molar-refractivity contribution in [1.82, 2.24) is 9.78 Å². The van der Waals surface area contributed by atoms with Crippen LogP contribution in [0.4, 0.5) is 15.8 Å². The number of aryl methyl sites for hydroxylation is 1. The fourth-order valence-electron chi connectivity index (χ4n) is 1.59. The molecule has 0 unspecified atom stereocenters. The fourth-order valence-corrected chi connectivity index (χ4v) is 1.75. The lowest BCUT2D eigenvalue weighted by Gasteiger charge is -2.08. The van der Waals surface area contributed by atoms with E-state index in [1.54, 1.807) is 24.0 Å². The van der Waals surface area contributed by atoms with Crippen LogP contribution in [0, 0.1) is 15.9 Å². The lowest BCUT2D eigenvalue weighted by molar-refractivity contribution is -0.384. The highest BCUT2D eigenvalue weighted by Crippen LogP contribution is 2.30. The van der Waals surface area contributed by atoms with Gasteiger partial charge in [-0.3, -0.25) is 14.8 Å². The summed E-state index contributed by atoms with van der Waals surface area (Å²) in [5, 5.41) is 17.4. The van der Waals surface area contributed by atoms with E-state index in [1.165, 1.54) is 0 Å². The first-order valence-corrected chi connectivity index (χ1v) is 5.71. The number of hydrogen-bond acceptors (Lipinski definition) is 4. The summed E-state index contributed by atoms with van der Waals surface area (Å²) in [6.45, 7) is 0.290. The van der Waals surface area contributed by atoms with E-state index in [0.29, 0.717) is 6.54 Å². The Hall–Kier alpha value is -2.15. The highest BCUT2D eigenvalue weighted by atomic mass is 35.5. The number of nitro groups is 1. The van der Waals surface area contributed by atoms with Gasteiger partial charge in [-0.15, -0.1) is 0 Å². The Kier molecular flexibility index (Phi) is 3.66. The first-order valence-electron chi connectivity index (χ1n) is 5.33. The molecule has 6 nitrogen and oxygen atoms in total. The van der Waals surface area contributed by atoms with Crippen molar-refractivity contribution in [2.45, 2.75) is 6.54 Å². The fraction of sp³-hybridized carbons (Fsp3) is 0.182. The Morgan fingerprint density at radius 2 is 2.32 bits per heavy atom. The Morgan fingerprint density at radius 1 is 1.58 bits per heavy atom. The third kappa shape index (κ3) is 2.82. The summed E-state index contributed by atoms with van der Waals surface area (Å²) >= 11 is 5.53. The van der Waals surface area contributed by atoms with Crippen molar-refractivity contribution in [3.63, 3.8) is 0 Å². The van der Waals surface area contributed by atoms with Crippen molar-refractivity contribution in [1.29, 1.82) is 0 Å². The van der Waals surface area contributed by atoms with Gasteiger partial charge in [-0.2, -0.15) is 5.10 Å². The van der Waals surface area contributed by atoms with Crippen LogP contribution in [0.3, 0.4) is 0 Å². The van der Waals surface area contributed by atoms with E-state index in [-0.39, 0.29) is 16.4 Å². The van der Waals surface area contributed by atoms with E-state index in [2.05, 4.69) is 10.4 Å². The maximum Gasteiger partial charge on any atom is 0.294 e. The van der Waals surface area contributed by atoms with Gasteiger partial charge in [-0.1, -0.05) is 11.6 Å². The normalized spacial score (nSPS) is 10.5. The summed E-state index contributed by atoms with van der Waals surface area (Å²) in [6, 6.07) is 3.75. The van der Waals surface area contributed by atoms with Gasteiger partial charge < -0.3 is 5.32 Å². The molecule has 1 N–H and O–H groups in total. The van der Waals surface area contributed by atoms with Gasteiger partial charge >= 0.3 is 0 Å². The molecule has 0 fully saturated rings. The SMILES string of the molecule is Cn1nccc1CNc1cc(F)c(Cl)cc1[N+](=O)[O-]. The average molecular weight is 285 g/mol. The number of halogens is 2. The van der Waals surface area contributed by atoms with Gasteiger partial charge in [0.25, 0.3) is 5.69 Å². The summed E-state index contributed by atoms with van der Waals surface area (Å²) in [4.78, 5) is 10.3. The monoisotopic (exact) mass is 284 g/mol. The van der Waals surface area contributed by atoms with Crippen molar-refractivity contribution in [2.24, 2.45) is 7.05 Å². The average Bonchev–Trinajstić information content (AvgIpc) is 2.75. The second-order valence-corrected chi connectivity index (χ2v) is 4.25. The quantitative estimate of drug-likeness (QED) is 0.692. The van der Waals surface area contributed by atoms with Crippen LogP contribution in [-0.2, 0) is 13.6 Å². The predicted molar refractivity (Wildman–Crippen MR) is 68.6 cm³/mol. The van der Waals surface area contributed by atoms with E-state index >= 15 is 0 Å². The highest BCUT2D eigenvalue weighted by molar-refractivity contribution is 6.31. The number of rotatable bonds is 4. The molecule has 0 spiro atoms. The molecule has 0 radical (unpaired) electrons. The Morgan fingerprint density at radius 3 is 2.89 bits per heavy atom. The molecule has 0 saturated heterocycles. The second-order valence-electron chi connectivity index (χ2n) is 3.84. The molecule has 0 bridgehead atoms. The van der Waals surface area contributed by atoms with E-state index in [1.807, 2.05) is 0 Å². The molecule has 2 rings (SSSR count). The zero-order chi connectivity index (χ0) is 14.0. The molecule has 100 valence electrons. The first-order chi connectivity index (χ1) is 8.99. The van der Waals surface area contributed by atoms with Crippen LogP contribution in [0.5, 0.6) is 0 Å². The molecular weight excluding hydrogens is 275 g/mol. The Labute approximate surface area is 112 Å². The van der Waals surface area contributed by atoms with Crippen molar-refractivity contribution >= 4 is 23.0 Å². The van der Waals surface area contributed by atoms with Crippen LogP contribution < -0.4 is 5.32 Å². The van der Waals surface area contributed by atoms with Gasteiger partial charge in [0.05, 0.1) is 22.2 Å². The van der Waals surface area contributed by atoms with E-state index in [4.69, 9.17) is 11.6 Å². The molecule has 0 atom stereocenters. The van der Waals surface area contributed by atoms with Gasteiger partial charge in [0.15, 0.2) is 0 Å². The van der Waals surface area contributed by atoms with Crippen LogP contribution >= 0.6 is 11.6 Å². The molecule has 0 saturated carbocycles. The zero-order valence-electron chi connectivity index (χ0n) is 9.93. The van der Waals surface area contributed by atoms with E-state index < -0.39 is 10.7 Å². The van der Waals surface area contributed by atoms with Crippen molar-refractivity contribution in [3.05, 3.63) is 51.0 Å². The minimum Gasteiger partial charge on any atom is -0.374 e. The number of benzene rings is 1. The molecule has 0 aliphatic carbocycles. The van der Waals surface area contributed by atoms with Gasteiger partial charge in [-0.25, -0.2) is 4.39 Å². The maximum atomic E-state index is 13.4. The van der Waals surface area contributed by atoms with Gasteiger partial charge in [-0.05, 0) is 6.07 Å². The van der Waals surface area contributed by atoms with Crippen molar-refractivity contribution < 1.29 is 9.31 Å². The molecule has 1 heterocycles. The maximum absolute atomic E-state index is 13.4. The molecule has 0 aliphatic rings. The Bertz CT molecular complexity index is 629. The number of aromatic nitrogens is 2. The lowest BCUT2D eigenvalue weighted by Crippen LogP contribution is -2.07. The lowest BCUT2D eigenvalue weighted by atomic mass is 10.2. The largest absolute Gasteiger partial charge is 0.374 e. The summed E-state index contributed by atoms with van der Waals surface area (Å²) in [6.07, 6.45) is 1.61. The zero-order valence-corrected chi connectivity index (χ0v) is 10.7. The van der Waals surface area contributed by atoms with E-state index in [9.17, 15) is 14.5 Å². The van der Waals surface area contributed by atoms with Gasteiger partial charge in [0.1, 0.15) is 11.5 Å². The molecule has 1 aromatic carbocycles. The minimum absolute atomic E-state index is 0.0769. The molecule has 0 aliphatic heterocycles. The van der Waals surface area contributed by atoms with Crippen molar-refractivity contribution in [2.75, 3.05) is 5.32 Å². The predicted octanol–water partition coefficient (Wildman–Crippen LogP) is 2.73. The first kappa shape index (κ1) is 13.3. The molecule has 0 amide bonds. The van der Waals surface area contributed by atoms with Crippen LogP contribution in [0.1, 0.15) is 5.69 Å². The Balaban J connectivity index is 2.26. The summed E-state index contributed by atoms with van der Waals surface area (Å²) in [5.74, 6) is -0.709. The van der Waals surface area contributed by atoms with Gasteiger partial charge in [0, 0.05) is 25.4 Å². The number of hydrogen-bond donors (Lipinski definition) is 1. The highest BCUT2D eigenvalue weighted by Gasteiger charge is 2.17. The number of nitrogens with zero attached hydrogens (tertiary/aromatic N) is 3. The molecular formula is C11H10ClFN4O2. The smallest absolute Gasteiger partial charge is 0.294 e. The number of anilines is 1. The number of nitrogens with one attached hydrogen (secondary N) is 1. The van der Waals surface area contributed by atoms with Crippen molar-refractivity contribution in [3.8, 4) is 0 Å². The van der Waals surface area contributed by atoms with Crippen LogP contribution in [0.2, 0.25) is 5.02 Å². The molecule has 1 aromatic heterocycles. The summed E-state index contributed by atoms with van der Waals surface area (Å²) in [7, 11) is 1.74. The standard InChI is InChI=1S/C11H10ClFN4O2/c1-16-7(2-3-15-16)6-14-10-5-9(13)8(12)4-11(10)17(18)19/h2-5,14H,6H2,1H3. The molecule has 2 aromatic rings. The summed E-state index contributed by atoms with van der Waals surface area (Å²) in [5.41, 5.74) is 0.617. The molecule has 19 heavy (non-hydrogen) atoms. The third-order valence-electron chi connectivity index (χ3n) is 2.62. The minimum atomic E-state index is -0.709. The van der Waals surface area contributed by atoms with Crippen LogP contribution in [0.15, 0.2) is 24.4 Å². The molecule has 8 heteroatoms. The van der Waals surface area contributed by atoms with E-state index in [0.717, 1.165) is 17.8 Å².